The molecule has 0 radical (unpaired) electrons. The first-order valence-electron chi connectivity index (χ1n) is 5.97. The zero-order chi connectivity index (χ0) is 13.0. The average molecular weight is 270 g/mol. The summed E-state index contributed by atoms with van der Waals surface area (Å²) in [5, 5.41) is 11.7. The number of benzene rings is 1. The van der Waals surface area contributed by atoms with E-state index in [0.717, 1.165) is 12.8 Å². The quantitative estimate of drug-likeness (QED) is 0.518. The number of ether oxygens (including phenoxy) is 2. The fourth-order valence-corrected chi connectivity index (χ4v) is 2.26. The summed E-state index contributed by atoms with van der Waals surface area (Å²) in [6.45, 7) is 0. The van der Waals surface area contributed by atoms with Crippen LogP contribution >= 0.6 is 11.6 Å². The van der Waals surface area contributed by atoms with Crippen LogP contribution in [0.25, 0.3) is 0 Å². The van der Waals surface area contributed by atoms with Crippen LogP contribution in [0.5, 0.6) is 11.5 Å². The molecule has 0 bridgehead atoms. The van der Waals surface area contributed by atoms with Crippen molar-refractivity contribution in [2.24, 2.45) is 5.16 Å². The van der Waals surface area contributed by atoms with E-state index in [4.69, 9.17) is 26.3 Å². The lowest BCUT2D eigenvalue weighted by Gasteiger charge is -2.16. The summed E-state index contributed by atoms with van der Waals surface area (Å²) in [4.78, 5) is 0. The number of rotatable bonds is 4. The summed E-state index contributed by atoms with van der Waals surface area (Å²) in [6, 6.07) is 5.22. The van der Waals surface area contributed by atoms with Gasteiger partial charge in [0.2, 0.25) is 0 Å². The molecule has 0 aliphatic heterocycles. The number of methoxy groups -OCH3 is 1. The van der Waals surface area contributed by atoms with E-state index in [1.54, 1.807) is 25.3 Å². The number of hydrogen-bond donors (Lipinski definition) is 1. The Kier molecular flexibility index (Phi) is 4.31. The van der Waals surface area contributed by atoms with Crippen LogP contribution in [-0.4, -0.2) is 23.6 Å². The van der Waals surface area contributed by atoms with Gasteiger partial charge >= 0.3 is 0 Å². The molecule has 0 aromatic heterocycles. The molecule has 1 aromatic rings. The maximum absolute atomic E-state index is 8.67. The number of oxime groups is 1. The second-order valence-corrected chi connectivity index (χ2v) is 4.64. The maximum Gasteiger partial charge on any atom is 0.175 e. The molecule has 1 aromatic carbocycles. The van der Waals surface area contributed by atoms with Crippen molar-refractivity contribution in [2.75, 3.05) is 7.11 Å². The molecule has 2 rings (SSSR count). The summed E-state index contributed by atoms with van der Waals surface area (Å²) in [6.07, 6.45) is 4.76. The Labute approximate surface area is 111 Å². The van der Waals surface area contributed by atoms with Crippen LogP contribution in [0.1, 0.15) is 31.2 Å². The van der Waals surface area contributed by atoms with Crippen LogP contribution in [-0.2, 0) is 0 Å². The van der Waals surface area contributed by atoms with Gasteiger partial charge in [0.05, 0.1) is 13.2 Å². The van der Waals surface area contributed by atoms with E-state index >= 15 is 0 Å². The highest BCUT2D eigenvalue weighted by atomic mass is 35.5. The molecule has 1 fully saturated rings. The standard InChI is InChI=1S/C13H16ClNO3/c1-17-11-7-6-9(13(14)15-16)8-12(11)18-10-4-2-3-5-10/h6-8,10,16H,2-5H2,1H3. The summed E-state index contributed by atoms with van der Waals surface area (Å²) >= 11 is 5.78. The van der Waals surface area contributed by atoms with Crippen molar-refractivity contribution in [2.45, 2.75) is 31.8 Å². The smallest absolute Gasteiger partial charge is 0.175 e. The minimum atomic E-state index is 0.0360. The van der Waals surface area contributed by atoms with Gasteiger partial charge in [-0.1, -0.05) is 16.8 Å². The molecule has 0 spiro atoms. The Hall–Kier alpha value is -1.42. The Morgan fingerprint density at radius 3 is 2.67 bits per heavy atom. The molecule has 1 aliphatic carbocycles. The first-order chi connectivity index (χ1) is 8.74. The van der Waals surface area contributed by atoms with Gasteiger partial charge in [-0.3, -0.25) is 0 Å². The largest absolute Gasteiger partial charge is 0.493 e. The molecular weight excluding hydrogens is 254 g/mol. The maximum atomic E-state index is 8.67. The fraction of sp³-hybridized carbons (Fsp3) is 0.462. The molecule has 0 amide bonds. The van der Waals surface area contributed by atoms with Gasteiger partial charge in [0, 0.05) is 5.56 Å². The van der Waals surface area contributed by atoms with Gasteiger partial charge in [0.25, 0.3) is 0 Å². The number of halogens is 1. The molecule has 0 atom stereocenters. The molecule has 1 N–H and O–H groups in total. The molecule has 0 saturated heterocycles. The Balaban J connectivity index is 2.24. The summed E-state index contributed by atoms with van der Waals surface area (Å²) in [7, 11) is 1.60. The number of hydrogen-bond acceptors (Lipinski definition) is 4. The van der Waals surface area contributed by atoms with Gasteiger partial charge < -0.3 is 14.7 Å². The molecular formula is C13H16ClNO3. The molecule has 1 aliphatic rings. The molecule has 18 heavy (non-hydrogen) atoms. The Morgan fingerprint density at radius 1 is 1.33 bits per heavy atom. The van der Waals surface area contributed by atoms with Crippen LogP contribution in [0.15, 0.2) is 23.4 Å². The van der Waals surface area contributed by atoms with E-state index in [9.17, 15) is 0 Å². The van der Waals surface area contributed by atoms with Crippen molar-refractivity contribution in [3.63, 3.8) is 0 Å². The van der Waals surface area contributed by atoms with E-state index in [-0.39, 0.29) is 11.3 Å². The first kappa shape index (κ1) is 13.0. The van der Waals surface area contributed by atoms with E-state index in [0.29, 0.717) is 17.1 Å². The first-order valence-corrected chi connectivity index (χ1v) is 6.35. The van der Waals surface area contributed by atoms with Gasteiger partial charge in [0.1, 0.15) is 0 Å². The summed E-state index contributed by atoms with van der Waals surface area (Å²) < 4.78 is 11.2. The predicted molar refractivity (Wildman–Crippen MR) is 70.1 cm³/mol. The van der Waals surface area contributed by atoms with Gasteiger partial charge in [-0.2, -0.15) is 0 Å². The summed E-state index contributed by atoms with van der Waals surface area (Å²) in [5.74, 6) is 1.30. The minimum Gasteiger partial charge on any atom is -0.493 e. The van der Waals surface area contributed by atoms with E-state index in [1.807, 2.05) is 0 Å². The van der Waals surface area contributed by atoms with Gasteiger partial charge in [0.15, 0.2) is 16.7 Å². The third kappa shape index (κ3) is 2.88. The minimum absolute atomic E-state index is 0.0360. The molecule has 98 valence electrons. The van der Waals surface area contributed by atoms with E-state index in [2.05, 4.69) is 5.16 Å². The third-order valence-electron chi connectivity index (χ3n) is 3.09. The molecule has 0 heterocycles. The Bertz CT molecular complexity index is 442. The lowest BCUT2D eigenvalue weighted by Crippen LogP contribution is -2.12. The predicted octanol–water partition coefficient (Wildman–Crippen LogP) is 3.39. The fourth-order valence-electron chi connectivity index (χ4n) is 2.14. The van der Waals surface area contributed by atoms with Crippen molar-refractivity contribution in [3.8, 4) is 11.5 Å². The monoisotopic (exact) mass is 269 g/mol. The van der Waals surface area contributed by atoms with Crippen molar-refractivity contribution in [1.29, 1.82) is 0 Å². The lowest BCUT2D eigenvalue weighted by molar-refractivity contribution is 0.201. The van der Waals surface area contributed by atoms with Gasteiger partial charge in [-0.15, -0.1) is 0 Å². The second kappa shape index (κ2) is 5.96. The number of nitrogens with zero attached hydrogens (tertiary/aromatic N) is 1. The lowest BCUT2D eigenvalue weighted by atomic mass is 10.2. The van der Waals surface area contributed by atoms with Crippen LogP contribution in [0, 0.1) is 0 Å². The van der Waals surface area contributed by atoms with Crippen molar-refractivity contribution in [1.82, 2.24) is 0 Å². The second-order valence-electron chi connectivity index (χ2n) is 4.28. The molecule has 1 saturated carbocycles. The van der Waals surface area contributed by atoms with Crippen molar-refractivity contribution >= 4 is 16.8 Å². The highest BCUT2D eigenvalue weighted by molar-refractivity contribution is 6.69. The SMILES string of the molecule is COc1ccc(C(Cl)=NO)cc1OC1CCCC1. The molecule has 4 nitrogen and oxygen atoms in total. The van der Waals surface area contributed by atoms with E-state index < -0.39 is 0 Å². The molecule has 5 heteroatoms. The van der Waals surface area contributed by atoms with Crippen LogP contribution < -0.4 is 9.47 Å². The van der Waals surface area contributed by atoms with Crippen molar-refractivity contribution in [3.05, 3.63) is 23.8 Å². The highest BCUT2D eigenvalue weighted by Gasteiger charge is 2.19. The van der Waals surface area contributed by atoms with Crippen molar-refractivity contribution < 1.29 is 14.7 Å². The summed E-state index contributed by atoms with van der Waals surface area (Å²) in [5.41, 5.74) is 0.605. The average Bonchev–Trinajstić information content (AvgIpc) is 2.90. The van der Waals surface area contributed by atoms with Gasteiger partial charge in [-0.25, -0.2) is 0 Å². The zero-order valence-corrected chi connectivity index (χ0v) is 11.0. The van der Waals surface area contributed by atoms with Crippen LogP contribution in [0.4, 0.5) is 0 Å². The van der Waals surface area contributed by atoms with Gasteiger partial charge in [-0.05, 0) is 43.9 Å². The zero-order valence-electron chi connectivity index (χ0n) is 10.2. The molecule has 0 unspecified atom stereocenters. The van der Waals surface area contributed by atoms with Crippen LogP contribution in [0.3, 0.4) is 0 Å². The van der Waals surface area contributed by atoms with Crippen LogP contribution in [0.2, 0.25) is 0 Å². The topological polar surface area (TPSA) is 51.0 Å². The Morgan fingerprint density at radius 2 is 2.06 bits per heavy atom. The highest BCUT2D eigenvalue weighted by Crippen LogP contribution is 2.32. The normalized spacial score (nSPS) is 16.9. The van der Waals surface area contributed by atoms with E-state index in [1.165, 1.54) is 12.8 Å². The third-order valence-corrected chi connectivity index (χ3v) is 3.38.